The van der Waals surface area contributed by atoms with Crippen LogP contribution in [0.3, 0.4) is 0 Å². The maximum Gasteiger partial charge on any atom is 0.191 e. The Balaban J connectivity index is 0.00000280. The van der Waals surface area contributed by atoms with Crippen molar-refractivity contribution in [3.05, 3.63) is 35.9 Å². The summed E-state index contributed by atoms with van der Waals surface area (Å²) in [4.78, 5) is 7.02. The number of benzene rings is 1. The predicted molar refractivity (Wildman–Crippen MR) is 127 cm³/mol. The van der Waals surface area contributed by atoms with Crippen LogP contribution in [0.15, 0.2) is 35.3 Å². The molecule has 0 radical (unpaired) electrons. The molecule has 158 valence electrons. The maximum absolute atomic E-state index is 5.54. The molecular weight excluding hydrogens is 463 g/mol. The van der Waals surface area contributed by atoms with Crippen molar-refractivity contribution in [1.29, 1.82) is 0 Å². The molecule has 1 heterocycles. The molecule has 2 N–H and O–H groups in total. The van der Waals surface area contributed by atoms with E-state index in [4.69, 9.17) is 4.74 Å². The summed E-state index contributed by atoms with van der Waals surface area (Å²) in [5, 5.41) is 7.22. The van der Waals surface area contributed by atoms with E-state index in [2.05, 4.69) is 64.7 Å². The van der Waals surface area contributed by atoms with Crippen LogP contribution in [0.2, 0.25) is 0 Å². The summed E-state index contributed by atoms with van der Waals surface area (Å²) in [5.41, 5.74) is 1.81. The second kappa shape index (κ2) is 11.4. The Kier molecular flexibility index (Phi) is 9.50. The number of hydrogen-bond acceptors (Lipinski definition) is 3. The van der Waals surface area contributed by atoms with E-state index in [1.54, 1.807) is 0 Å². The minimum absolute atomic E-state index is 0. The van der Waals surface area contributed by atoms with Gasteiger partial charge in [0.1, 0.15) is 0 Å². The van der Waals surface area contributed by atoms with Crippen molar-refractivity contribution in [3.8, 4) is 0 Å². The fraction of sp³-hybridized carbons (Fsp3) is 0.682. The largest absolute Gasteiger partial charge is 0.382 e. The van der Waals surface area contributed by atoms with E-state index >= 15 is 0 Å². The van der Waals surface area contributed by atoms with Crippen LogP contribution in [0.25, 0.3) is 0 Å². The van der Waals surface area contributed by atoms with Gasteiger partial charge in [-0.15, -0.1) is 24.0 Å². The van der Waals surface area contributed by atoms with Gasteiger partial charge in [0.2, 0.25) is 0 Å². The molecule has 0 bridgehead atoms. The normalized spacial score (nSPS) is 23.9. The van der Waals surface area contributed by atoms with Crippen molar-refractivity contribution < 1.29 is 4.74 Å². The smallest absolute Gasteiger partial charge is 0.191 e. The lowest BCUT2D eigenvalue weighted by molar-refractivity contribution is 0.128. The minimum atomic E-state index is 0. The van der Waals surface area contributed by atoms with E-state index in [0.717, 1.165) is 51.6 Å². The topological polar surface area (TPSA) is 48.9 Å². The van der Waals surface area contributed by atoms with Crippen LogP contribution >= 0.6 is 24.0 Å². The van der Waals surface area contributed by atoms with E-state index < -0.39 is 0 Å². The zero-order valence-corrected chi connectivity index (χ0v) is 19.9. The molecule has 1 aliphatic heterocycles. The molecule has 1 aromatic carbocycles. The predicted octanol–water partition coefficient (Wildman–Crippen LogP) is 3.64. The number of hydrogen-bond donors (Lipinski definition) is 2. The van der Waals surface area contributed by atoms with Crippen LogP contribution in [0.1, 0.15) is 45.1 Å². The van der Waals surface area contributed by atoms with Gasteiger partial charge in [0.15, 0.2) is 5.96 Å². The van der Waals surface area contributed by atoms with Crippen molar-refractivity contribution >= 4 is 29.9 Å². The average molecular weight is 500 g/mol. The number of aliphatic imine (C=N–C) groups is 1. The number of nitrogens with one attached hydrogen (secondary N) is 2. The second-order valence-corrected chi connectivity index (χ2v) is 8.21. The van der Waals surface area contributed by atoms with Gasteiger partial charge in [-0.05, 0) is 50.5 Å². The van der Waals surface area contributed by atoms with E-state index in [0.29, 0.717) is 17.5 Å². The van der Waals surface area contributed by atoms with Gasteiger partial charge in [0, 0.05) is 52.0 Å². The van der Waals surface area contributed by atoms with E-state index in [1.807, 2.05) is 7.05 Å². The molecule has 0 amide bonds. The van der Waals surface area contributed by atoms with Gasteiger partial charge >= 0.3 is 0 Å². The number of ether oxygens (including phenoxy) is 1. The first kappa shape index (κ1) is 23.4. The van der Waals surface area contributed by atoms with Crippen LogP contribution in [0, 0.1) is 5.41 Å². The average Bonchev–Trinajstić information content (AvgIpc) is 3.37. The highest BCUT2D eigenvalue weighted by Gasteiger charge is 2.42. The molecule has 1 aromatic rings. The third-order valence-electron chi connectivity index (χ3n) is 6.07. The molecule has 2 atom stereocenters. The van der Waals surface area contributed by atoms with Crippen molar-refractivity contribution in [3.63, 3.8) is 0 Å². The highest BCUT2D eigenvalue weighted by molar-refractivity contribution is 14.0. The van der Waals surface area contributed by atoms with Crippen LogP contribution in [-0.4, -0.2) is 56.3 Å². The number of nitrogens with zero attached hydrogens (tertiary/aromatic N) is 2. The Morgan fingerprint density at radius 2 is 2.04 bits per heavy atom. The zero-order chi connectivity index (χ0) is 19.1. The van der Waals surface area contributed by atoms with Crippen molar-refractivity contribution in [1.82, 2.24) is 15.5 Å². The Morgan fingerprint density at radius 3 is 2.68 bits per heavy atom. The third-order valence-corrected chi connectivity index (χ3v) is 6.07. The lowest BCUT2D eigenvalue weighted by Crippen LogP contribution is -2.46. The fourth-order valence-corrected chi connectivity index (χ4v) is 4.03. The molecule has 0 aromatic heterocycles. The maximum atomic E-state index is 5.54. The van der Waals surface area contributed by atoms with Gasteiger partial charge in [-0.2, -0.15) is 0 Å². The summed E-state index contributed by atoms with van der Waals surface area (Å²) in [6.45, 7) is 9.15. The van der Waals surface area contributed by atoms with E-state index in [9.17, 15) is 0 Å². The van der Waals surface area contributed by atoms with Crippen LogP contribution in [0.5, 0.6) is 0 Å². The standard InChI is InChI=1S/C22H36N4O.HI/c1-4-27-13-12-22(10-11-22)17-24-21(23-3)25-20-14-18(2)26(16-20)15-19-8-6-5-7-9-19;/h5-9,18,20H,4,10-17H2,1-3H3,(H2,23,24,25);1H. The molecule has 1 saturated heterocycles. The molecule has 6 heteroatoms. The van der Waals surface area contributed by atoms with Gasteiger partial charge in [0.25, 0.3) is 0 Å². The summed E-state index contributed by atoms with van der Waals surface area (Å²) < 4.78 is 5.54. The van der Waals surface area contributed by atoms with E-state index in [1.165, 1.54) is 18.4 Å². The van der Waals surface area contributed by atoms with Gasteiger partial charge in [-0.1, -0.05) is 30.3 Å². The van der Waals surface area contributed by atoms with Crippen molar-refractivity contribution in [2.24, 2.45) is 10.4 Å². The minimum Gasteiger partial charge on any atom is -0.382 e. The lowest BCUT2D eigenvalue weighted by Gasteiger charge is -2.22. The third kappa shape index (κ3) is 6.88. The fourth-order valence-electron chi connectivity index (χ4n) is 4.03. The number of likely N-dealkylation sites (tertiary alicyclic amines) is 1. The molecule has 1 saturated carbocycles. The summed E-state index contributed by atoms with van der Waals surface area (Å²) in [7, 11) is 1.87. The first-order valence-electron chi connectivity index (χ1n) is 10.5. The summed E-state index contributed by atoms with van der Waals surface area (Å²) in [6.07, 6.45) is 4.91. The van der Waals surface area contributed by atoms with E-state index in [-0.39, 0.29) is 24.0 Å². The quantitative estimate of drug-likeness (QED) is 0.235. The Morgan fingerprint density at radius 1 is 1.29 bits per heavy atom. The molecule has 2 aliphatic rings. The molecule has 3 rings (SSSR count). The molecule has 0 spiro atoms. The second-order valence-electron chi connectivity index (χ2n) is 8.21. The summed E-state index contributed by atoms with van der Waals surface area (Å²) in [5.74, 6) is 0.941. The molecule has 1 aliphatic carbocycles. The molecular formula is C22H37IN4O. The first-order valence-corrected chi connectivity index (χ1v) is 10.5. The van der Waals surface area contributed by atoms with Gasteiger partial charge in [0.05, 0.1) is 0 Å². The monoisotopic (exact) mass is 500 g/mol. The SMILES string of the molecule is CCOCCC1(CNC(=NC)NC2CC(C)N(Cc3ccccc3)C2)CC1.I. The van der Waals surface area contributed by atoms with Crippen LogP contribution < -0.4 is 10.6 Å². The highest BCUT2D eigenvalue weighted by Crippen LogP contribution is 2.48. The van der Waals surface area contributed by atoms with Crippen molar-refractivity contribution in [2.75, 3.05) is 33.4 Å². The van der Waals surface area contributed by atoms with Crippen molar-refractivity contribution in [2.45, 2.75) is 58.2 Å². The van der Waals surface area contributed by atoms with Gasteiger partial charge < -0.3 is 15.4 Å². The van der Waals surface area contributed by atoms with Crippen LogP contribution in [0.4, 0.5) is 0 Å². The summed E-state index contributed by atoms with van der Waals surface area (Å²) >= 11 is 0. The molecule has 2 unspecified atom stereocenters. The number of halogens is 1. The number of guanidine groups is 1. The van der Waals surface area contributed by atoms with Gasteiger partial charge in [-0.3, -0.25) is 9.89 Å². The molecule has 28 heavy (non-hydrogen) atoms. The Labute approximate surface area is 187 Å². The number of rotatable bonds is 9. The first-order chi connectivity index (χ1) is 13.1. The van der Waals surface area contributed by atoms with Gasteiger partial charge in [-0.25, -0.2) is 0 Å². The lowest BCUT2D eigenvalue weighted by atomic mass is 10.0. The Bertz CT molecular complexity index is 606. The zero-order valence-electron chi connectivity index (χ0n) is 17.6. The molecule has 2 fully saturated rings. The van der Waals surface area contributed by atoms with Crippen LogP contribution in [-0.2, 0) is 11.3 Å². The Hall–Kier alpha value is -0.860. The summed E-state index contributed by atoms with van der Waals surface area (Å²) in [6, 6.07) is 11.8. The highest BCUT2D eigenvalue weighted by atomic mass is 127. The molecule has 5 nitrogen and oxygen atoms in total.